The van der Waals surface area contributed by atoms with Crippen LogP contribution >= 0.6 is 0 Å². The van der Waals surface area contributed by atoms with Crippen molar-refractivity contribution in [3.8, 4) is 0 Å². The molecule has 54 valence electrons. The maximum atomic E-state index is 10.8. The standard InChI is InChI=1S/C6H13NO2/c1-4(2)3-5(7)6(8)9/h4-5H,3,7H2,1-2H3,(H,8,9)/t5-/m0/s1/i1+1D3,2+1D3,3+1D2,4+1D,5+1D,6+1. The van der Waals surface area contributed by atoms with Gasteiger partial charge < -0.3 is 10.8 Å². The van der Waals surface area contributed by atoms with Crippen LogP contribution in [0.1, 0.15) is 33.8 Å². The molecule has 0 amide bonds. The van der Waals surface area contributed by atoms with Crippen molar-refractivity contribution in [3.05, 3.63) is 0 Å². The summed E-state index contributed by atoms with van der Waals surface area (Å²) in [6.45, 7) is -7.44. The molecule has 3 nitrogen and oxygen atoms in total. The van der Waals surface area contributed by atoms with E-state index in [1.807, 2.05) is 0 Å². The minimum absolute atomic E-state index is 2.28. The molecule has 0 aliphatic carbocycles. The lowest BCUT2D eigenvalue weighted by molar-refractivity contribution is -0.138. The van der Waals surface area contributed by atoms with Gasteiger partial charge in [0.2, 0.25) is 0 Å². The Hall–Kier alpha value is -0.570. The normalized spacial score (nSPS) is 39.2. The number of hydrogen-bond acceptors (Lipinski definition) is 2. The number of hydrogen-bond donors (Lipinski definition) is 2. The average molecular weight is 147 g/mol. The second-order valence-electron chi connectivity index (χ2n) is 1.22. The molecule has 0 heterocycles. The summed E-state index contributed by atoms with van der Waals surface area (Å²) >= 11 is 0. The molecule has 9 heavy (non-hydrogen) atoms. The maximum absolute atomic E-state index is 10.8. The molecule has 0 unspecified atom stereocenters. The van der Waals surface area contributed by atoms with Crippen molar-refractivity contribution in [2.75, 3.05) is 0 Å². The SMILES string of the molecule is [2H][13C]([2H])([2H])[13C]([2H])([13C]([2H])([2H])[2H])[13C]([2H])([2H])[13C@]([2H])(N)[13C](=O)O. The van der Waals surface area contributed by atoms with Gasteiger partial charge in [0.1, 0.15) is 6.02 Å². The lowest BCUT2D eigenvalue weighted by Crippen LogP contribution is -2.31. The first-order chi connectivity index (χ1) is 7.94. The van der Waals surface area contributed by atoms with Gasteiger partial charge in [-0.1, -0.05) is 13.7 Å². The topological polar surface area (TPSA) is 63.3 Å². The molecule has 0 spiro atoms. The van der Waals surface area contributed by atoms with Gasteiger partial charge in [-0.05, 0) is 12.3 Å². The minimum atomic E-state index is -3.87. The van der Waals surface area contributed by atoms with E-state index in [4.69, 9.17) is 24.5 Å². The molecule has 0 radical (unpaired) electrons. The van der Waals surface area contributed by atoms with Gasteiger partial charge in [0.05, 0.1) is 1.37 Å². The van der Waals surface area contributed by atoms with Crippen LogP contribution in [0.15, 0.2) is 0 Å². The number of rotatable bonds is 3. The van der Waals surface area contributed by atoms with Crippen LogP contribution in [0.3, 0.4) is 0 Å². The molecule has 0 aliphatic rings. The highest BCUT2D eigenvalue weighted by molar-refractivity contribution is 5.72. The van der Waals surface area contributed by atoms with Crippen molar-refractivity contribution < 1.29 is 23.6 Å². The summed E-state index contributed by atoms with van der Waals surface area (Å²) in [6, 6.07) is -3.61. The Bertz CT molecular complexity index is 355. The molecule has 0 aliphatic heterocycles. The van der Waals surface area contributed by atoms with Crippen molar-refractivity contribution in [2.45, 2.75) is 26.1 Å². The second-order valence-corrected chi connectivity index (χ2v) is 1.22. The van der Waals surface area contributed by atoms with Gasteiger partial charge >= 0.3 is 5.97 Å². The molecule has 0 bridgehead atoms. The smallest absolute Gasteiger partial charge is 0.320 e. The summed E-state index contributed by atoms with van der Waals surface area (Å²) in [6.07, 6.45) is -3.87. The van der Waals surface area contributed by atoms with Gasteiger partial charge in [0.15, 0.2) is 0 Å². The average Bonchev–Trinajstić information content (AvgIpc) is 2.11. The second kappa shape index (κ2) is 3.45. The van der Waals surface area contributed by atoms with Crippen molar-refractivity contribution in [1.29, 1.82) is 0 Å². The van der Waals surface area contributed by atoms with E-state index in [0.717, 1.165) is 0 Å². The zero-order chi connectivity index (χ0) is 16.1. The highest BCUT2D eigenvalue weighted by Crippen LogP contribution is 2.01. The summed E-state index contributed by atoms with van der Waals surface area (Å²) < 4.78 is 71.7. The quantitative estimate of drug-likeness (QED) is 0.569. The maximum Gasteiger partial charge on any atom is 0.320 e. The number of carboxylic acids is 1. The van der Waals surface area contributed by atoms with Crippen LogP contribution in [0.2, 0.25) is 0 Å². The zero-order valence-corrected chi connectivity index (χ0v) is 4.43. The Morgan fingerprint density at radius 1 is 2.11 bits per heavy atom. The first-order valence-electron chi connectivity index (χ1n) is 6.97. The van der Waals surface area contributed by atoms with Gasteiger partial charge in [0.25, 0.3) is 0 Å². The Labute approximate surface area is 68.9 Å². The first-order valence-corrected chi connectivity index (χ1v) is 1.97. The van der Waals surface area contributed by atoms with E-state index < -0.39 is 38.0 Å². The van der Waals surface area contributed by atoms with Crippen molar-refractivity contribution in [1.82, 2.24) is 0 Å². The molecule has 0 aromatic heterocycles. The Kier molecular flexibility index (Phi) is 0.588. The van der Waals surface area contributed by atoms with E-state index in [0.29, 0.717) is 0 Å². The van der Waals surface area contributed by atoms with Gasteiger partial charge in [0, 0.05) is 12.3 Å². The summed E-state index contributed by atoms with van der Waals surface area (Å²) in [5.74, 6) is -6.15. The number of aliphatic carboxylic acids is 1. The minimum Gasteiger partial charge on any atom is -0.480 e. The fraction of sp³-hybridized carbons (Fsp3) is 0.833. The fourth-order valence-electron chi connectivity index (χ4n) is 0.188. The van der Waals surface area contributed by atoms with Gasteiger partial charge in [-0.3, -0.25) is 4.79 Å². The van der Waals surface area contributed by atoms with Crippen LogP contribution < -0.4 is 5.73 Å². The number of carbonyl (C=O) groups is 1. The van der Waals surface area contributed by atoms with Crippen LogP contribution in [-0.2, 0) is 4.79 Å². The zero-order valence-electron chi connectivity index (χ0n) is 14.4. The van der Waals surface area contributed by atoms with Crippen molar-refractivity contribution in [2.24, 2.45) is 11.6 Å². The van der Waals surface area contributed by atoms with Crippen LogP contribution in [-0.4, -0.2) is 17.1 Å². The van der Waals surface area contributed by atoms with Gasteiger partial charge in [-0.25, -0.2) is 0 Å². The third-order valence-electron chi connectivity index (χ3n) is 0.490. The molecule has 0 saturated heterocycles. The van der Waals surface area contributed by atoms with E-state index in [2.05, 4.69) is 0 Å². The van der Waals surface area contributed by atoms with Crippen LogP contribution in [0.25, 0.3) is 0 Å². The Morgan fingerprint density at radius 3 is 3.00 bits per heavy atom. The third kappa shape index (κ3) is 3.97. The Morgan fingerprint density at radius 2 is 2.67 bits per heavy atom. The van der Waals surface area contributed by atoms with E-state index >= 15 is 0 Å². The Balaban J connectivity index is 6.29. The van der Waals surface area contributed by atoms with E-state index in [1.54, 1.807) is 0 Å². The summed E-state index contributed by atoms with van der Waals surface area (Å²) in [5, 5.41) is 8.67. The van der Waals surface area contributed by atoms with Crippen molar-refractivity contribution in [3.63, 3.8) is 0 Å². The molecule has 0 aromatic carbocycles. The van der Waals surface area contributed by atoms with Gasteiger partial charge in [-0.2, -0.15) is 0 Å². The largest absolute Gasteiger partial charge is 0.480 e. The van der Waals surface area contributed by atoms with Crippen molar-refractivity contribution >= 4 is 5.97 Å². The lowest BCUT2D eigenvalue weighted by Gasteiger charge is -2.07. The highest BCUT2D eigenvalue weighted by Gasteiger charge is 2.11. The monoisotopic (exact) mass is 147 g/mol. The summed E-state index contributed by atoms with van der Waals surface area (Å²) in [5.41, 5.74) is 4.89. The van der Waals surface area contributed by atoms with Crippen LogP contribution in [0.5, 0.6) is 0 Å². The highest BCUT2D eigenvalue weighted by atomic mass is 16.5. The molecule has 0 rings (SSSR count). The fourth-order valence-corrected chi connectivity index (χ4v) is 0.188. The molecule has 3 heteroatoms. The molecule has 0 aromatic rings. The lowest BCUT2D eigenvalue weighted by atomic mass is 11.0. The van der Waals surface area contributed by atoms with Gasteiger partial charge in [-0.15, -0.1) is 0 Å². The van der Waals surface area contributed by atoms with E-state index in [9.17, 15) is 4.79 Å². The molecule has 3 N–H and O–H groups in total. The molecule has 0 saturated carbocycles. The summed E-state index contributed by atoms with van der Waals surface area (Å²) in [4.78, 5) is 10.8. The van der Waals surface area contributed by atoms with E-state index in [-0.39, 0.29) is 0 Å². The predicted octanol–water partition coefficient (Wildman–Crippen LogP) is 0.444. The number of nitrogens with two attached hydrogens (primary N) is 1. The molecule has 1 atom stereocenters. The van der Waals surface area contributed by atoms with E-state index in [1.165, 1.54) is 0 Å². The molecular weight excluding hydrogens is 124 g/mol. The third-order valence-corrected chi connectivity index (χ3v) is 0.490. The van der Waals surface area contributed by atoms with Crippen LogP contribution in [0, 0.1) is 5.89 Å². The number of carboxylic acid groups (broad SMARTS) is 1. The predicted molar refractivity (Wildman–Crippen MR) is 35.1 cm³/mol. The molecule has 0 fully saturated rings. The first kappa shape index (κ1) is 1.53. The van der Waals surface area contributed by atoms with Crippen LogP contribution in [0.4, 0.5) is 0 Å². The molecular formula is C6H13NO2. The summed E-state index contributed by atoms with van der Waals surface area (Å²) in [7, 11) is 0.